The van der Waals surface area contributed by atoms with Gasteiger partial charge in [0.25, 0.3) is 15.9 Å². The Balaban J connectivity index is 2.49. The molecule has 0 atom stereocenters. The van der Waals surface area contributed by atoms with Crippen LogP contribution in [-0.2, 0) is 23.2 Å². The maximum Gasteiger partial charge on any atom is 0.276 e. The highest BCUT2D eigenvalue weighted by atomic mass is 35.5. The van der Waals surface area contributed by atoms with Crippen LogP contribution in [0.25, 0.3) is 11.0 Å². The molecule has 1 N–H and O–H groups in total. The average Bonchev–Trinajstić information content (AvgIpc) is 2.66. The van der Waals surface area contributed by atoms with Crippen LogP contribution in [0.3, 0.4) is 0 Å². The van der Waals surface area contributed by atoms with Crippen molar-refractivity contribution in [3.8, 4) is 11.8 Å². The highest BCUT2D eigenvalue weighted by molar-refractivity contribution is 7.86. The Labute approximate surface area is 139 Å². The fraction of sp³-hybridized carbons (Fsp3) is 0.357. The van der Waals surface area contributed by atoms with E-state index in [0.717, 1.165) is 23.4 Å². The summed E-state index contributed by atoms with van der Waals surface area (Å²) in [5, 5.41) is 0.924. The molecule has 5 nitrogen and oxygen atoms in total. The molecule has 0 radical (unpaired) electrons. The van der Waals surface area contributed by atoms with E-state index in [-0.39, 0.29) is 0 Å². The normalized spacial score (nSPS) is 11.5. The van der Waals surface area contributed by atoms with Gasteiger partial charge in [-0.2, -0.15) is 8.42 Å². The van der Waals surface area contributed by atoms with Crippen molar-refractivity contribution < 1.29 is 17.5 Å². The van der Waals surface area contributed by atoms with Gasteiger partial charge in [0.2, 0.25) is 0 Å². The molecule has 0 aliphatic rings. The van der Waals surface area contributed by atoms with Crippen molar-refractivity contribution in [2.24, 2.45) is 0 Å². The number of nitrogens with zero attached hydrogens (tertiary/aromatic N) is 2. The van der Waals surface area contributed by atoms with Crippen LogP contribution in [0.1, 0.15) is 12.7 Å². The Morgan fingerprint density at radius 1 is 1.27 bits per heavy atom. The van der Waals surface area contributed by atoms with Crippen molar-refractivity contribution >= 4 is 44.4 Å². The molecule has 0 fully saturated rings. The molecular formula is C14H15Cl2N2O3S+. The summed E-state index contributed by atoms with van der Waals surface area (Å²) in [6.07, 6.45) is 0. The summed E-state index contributed by atoms with van der Waals surface area (Å²) in [7, 11) is -4.07. The number of rotatable bonds is 3. The van der Waals surface area contributed by atoms with Crippen molar-refractivity contribution in [3.05, 3.63) is 28.0 Å². The second kappa shape index (κ2) is 6.47. The number of fused-ring (bicyclic) bond motifs is 1. The first-order valence-corrected chi connectivity index (χ1v) is 8.89. The zero-order valence-corrected chi connectivity index (χ0v) is 14.4. The molecule has 22 heavy (non-hydrogen) atoms. The van der Waals surface area contributed by atoms with Gasteiger partial charge in [-0.05, 0) is 6.92 Å². The van der Waals surface area contributed by atoms with Crippen molar-refractivity contribution in [1.82, 2.24) is 4.57 Å². The molecule has 2 rings (SSSR count). The second-order valence-electron chi connectivity index (χ2n) is 4.71. The highest BCUT2D eigenvalue weighted by Crippen LogP contribution is 2.27. The smallest absolute Gasteiger partial charge is 0.276 e. The van der Waals surface area contributed by atoms with E-state index in [4.69, 9.17) is 27.8 Å². The molecule has 0 bridgehead atoms. The van der Waals surface area contributed by atoms with Crippen molar-refractivity contribution in [2.75, 3.05) is 5.75 Å². The first kappa shape index (κ1) is 17.1. The molecule has 0 unspecified atom stereocenters. The fourth-order valence-electron chi connectivity index (χ4n) is 2.33. The molecule has 8 heteroatoms. The summed E-state index contributed by atoms with van der Waals surface area (Å²) < 4.78 is 34.0. The summed E-state index contributed by atoms with van der Waals surface area (Å²) in [5.41, 5.74) is 1.81. The fourth-order valence-corrected chi connectivity index (χ4v) is 2.93. The standard InChI is InChI=1S/C14H14Cl2N2O3S/c1-3-17-10(2)18(6-4-5-7-22(19,20)21)14-9-12(16)11(15)8-13(14)17/h8-9H,3,6-7H2,1-2H3/p+1. The number of aryl methyl sites for hydroxylation is 1. The summed E-state index contributed by atoms with van der Waals surface area (Å²) in [4.78, 5) is 0. The van der Waals surface area contributed by atoms with Gasteiger partial charge < -0.3 is 0 Å². The van der Waals surface area contributed by atoms with E-state index in [1.54, 1.807) is 12.1 Å². The van der Waals surface area contributed by atoms with Crippen LogP contribution in [0.5, 0.6) is 0 Å². The molecule has 0 amide bonds. The van der Waals surface area contributed by atoms with E-state index in [0.29, 0.717) is 16.6 Å². The summed E-state index contributed by atoms with van der Waals surface area (Å²) >= 11 is 12.2. The van der Waals surface area contributed by atoms with E-state index in [2.05, 4.69) is 16.4 Å². The summed E-state index contributed by atoms with van der Waals surface area (Å²) in [5.74, 6) is 5.57. The maximum absolute atomic E-state index is 10.7. The monoisotopic (exact) mass is 361 g/mol. The third-order valence-corrected chi connectivity index (χ3v) is 4.54. The van der Waals surface area contributed by atoms with Gasteiger partial charge in [0, 0.05) is 19.1 Å². The lowest BCUT2D eigenvalue weighted by Crippen LogP contribution is -2.36. The number of aromatic nitrogens is 2. The van der Waals surface area contributed by atoms with E-state index < -0.39 is 15.9 Å². The number of halogens is 2. The van der Waals surface area contributed by atoms with Crippen LogP contribution in [0.4, 0.5) is 0 Å². The van der Waals surface area contributed by atoms with Crippen molar-refractivity contribution in [1.29, 1.82) is 0 Å². The molecule has 2 aromatic rings. The van der Waals surface area contributed by atoms with E-state index in [1.807, 2.05) is 18.4 Å². The Bertz CT molecular complexity index is 892. The van der Waals surface area contributed by atoms with Crippen molar-refractivity contribution in [3.63, 3.8) is 0 Å². The molecule has 1 heterocycles. The van der Waals surface area contributed by atoms with Crippen LogP contribution in [0.15, 0.2) is 12.1 Å². The first-order valence-electron chi connectivity index (χ1n) is 6.53. The first-order chi connectivity index (χ1) is 10.2. The molecule has 1 aromatic carbocycles. The molecule has 0 saturated heterocycles. The van der Waals surface area contributed by atoms with Crippen LogP contribution < -0.4 is 4.57 Å². The zero-order chi connectivity index (χ0) is 16.5. The SMILES string of the molecule is CCn1c(C)[n+](CC#CCS(=O)(=O)O)c2cc(Cl)c(Cl)cc21. The van der Waals surface area contributed by atoms with Gasteiger partial charge >= 0.3 is 0 Å². The molecule has 0 saturated carbocycles. The third kappa shape index (κ3) is 3.55. The van der Waals surface area contributed by atoms with Gasteiger partial charge in [-0.25, -0.2) is 9.13 Å². The Hall–Kier alpha value is -1.26. The molecular weight excluding hydrogens is 347 g/mol. The molecule has 0 aliphatic heterocycles. The minimum Gasteiger partial charge on any atom is -0.285 e. The van der Waals surface area contributed by atoms with Crippen molar-refractivity contribution in [2.45, 2.75) is 26.9 Å². The van der Waals surface area contributed by atoms with E-state index in [1.165, 1.54) is 0 Å². The van der Waals surface area contributed by atoms with Gasteiger partial charge in [0.05, 0.1) is 16.6 Å². The van der Waals surface area contributed by atoms with E-state index >= 15 is 0 Å². The predicted molar refractivity (Wildman–Crippen MR) is 86.8 cm³/mol. The second-order valence-corrected chi connectivity index (χ2v) is 6.98. The zero-order valence-electron chi connectivity index (χ0n) is 12.1. The van der Waals surface area contributed by atoms with Gasteiger partial charge in [0.15, 0.2) is 17.6 Å². The lowest BCUT2D eigenvalue weighted by Gasteiger charge is -1.95. The summed E-state index contributed by atoms with van der Waals surface area (Å²) in [6, 6.07) is 3.57. The molecule has 0 aliphatic carbocycles. The minimum absolute atomic E-state index is 0.294. The predicted octanol–water partition coefficient (Wildman–Crippen LogP) is 2.46. The quantitative estimate of drug-likeness (QED) is 0.518. The molecule has 1 aromatic heterocycles. The molecule has 118 valence electrons. The van der Waals surface area contributed by atoms with Gasteiger partial charge in [-0.15, -0.1) is 0 Å². The summed E-state index contributed by atoms with van der Waals surface area (Å²) in [6.45, 7) is 5.01. The Morgan fingerprint density at radius 2 is 1.91 bits per heavy atom. The molecule has 0 spiro atoms. The van der Waals surface area contributed by atoms with Gasteiger partial charge in [-0.3, -0.25) is 4.55 Å². The van der Waals surface area contributed by atoms with Crippen LogP contribution >= 0.6 is 23.2 Å². The topological polar surface area (TPSA) is 63.2 Å². The Morgan fingerprint density at radius 3 is 2.50 bits per heavy atom. The van der Waals surface area contributed by atoms with Crippen LogP contribution in [0, 0.1) is 18.8 Å². The average molecular weight is 362 g/mol. The van der Waals surface area contributed by atoms with Crippen LogP contribution in [0.2, 0.25) is 10.0 Å². The number of hydrogen-bond acceptors (Lipinski definition) is 2. The third-order valence-electron chi connectivity index (χ3n) is 3.31. The number of benzene rings is 1. The number of imidazole rings is 1. The lowest BCUT2D eigenvalue weighted by molar-refractivity contribution is -0.666. The van der Waals surface area contributed by atoms with Gasteiger partial charge in [0.1, 0.15) is 5.75 Å². The highest BCUT2D eigenvalue weighted by Gasteiger charge is 2.21. The lowest BCUT2D eigenvalue weighted by atomic mass is 10.3. The largest absolute Gasteiger partial charge is 0.285 e. The number of hydrogen-bond donors (Lipinski definition) is 1. The van der Waals surface area contributed by atoms with E-state index in [9.17, 15) is 8.42 Å². The van der Waals surface area contributed by atoms with Crippen LogP contribution in [-0.4, -0.2) is 23.3 Å². The maximum atomic E-state index is 10.7. The van der Waals surface area contributed by atoms with Gasteiger partial charge in [-0.1, -0.05) is 35.0 Å². The minimum atomic E-state index is -4.07. The Kier molecular flexibility index (Phi) is 5.03.